The molecule has 0 radical (unpaired) electrons. The number of hydrogen-bond acceptors (Lipinski definition) is 3. The highest BCUT2D eigenvalue weighted by Gasteiger charge is 2.41. The first-order valence-corrected chi connectivity index (χ1v) is 3.16. The molecule has 0 aliphatic heterocycles. The average Bonchev–Trinajstić information content (AvgIpc) is 1.99. The number of carbonyl (C=O) groups excluding carboxylic acids is 1. The lowest BCUT2D eigenvalue weighted by molar-refractivity contribution is -0.203. The van der Waals surface area contributed by atoms with Crippen molar-refractivity contribution in [3.8, 4) is 0 Å². The fourth-order valence-corrected chi connectivity index (χ4v) is 0.438. The van der Waals surface area contributed by atoms with E-state index in [1.165, 1.54) is 6.92 Å². The van der Waals surface area contributed by atoms with Crippen LogP contribution >= 0.6 is 0 Å². The number of hydrogen-bond donors (Lipinski definition) is 0. The molecule has 0 aromatic heterocycles. The van der Waals surface area contributed by atoms with E-state index in [4.69, 9.17) is 5.53 Å². The molecule has 0 aliphatic carbocycles. The zero-order valence-corrected chi connectivity index (χ0v) is 6.58. The van der Waals surface area contributed by atoms with Crippen molar-refractivity contribution in [1.82, 2.24) is 0 Å². The number of nitrogens with zero attached hydrogens (tertiary/aromatic N) is 3. The van der Waals surface area contributed by atoms with E-state index in [0.29, 0.717) is 0 Å². The summed E-state index contributed by atoms with van der Waals surface area (Å²) in [6.07, 6.45) is -6.09. The third kappa shape index (κ3) is 4.91. The van der Waals surface area contributed by atoms with Crippen molar-refractivity contribution in [3.05, 3.63) is 10.4 Å². The number of halogens is 3. The number of carbonyl (C=O) groups is 1. The van der Waals surface area contributed by atoms with E-state index < -0.39 is 18.2 Å². The average molecular weight is 197 g/mol. The van der Waals surface area contributed by atoms with Crippen LogP contribution in [0.4, 0.5) is 13.2 Å². The molecule has 0 saturated heterocycles. The Morgan fingerprint density at radius 1 is 1.69 bits per heavy atom. The molecule has 0 aliphatic rings. The quantitative estimate of drug-likeness (QED) is 0.299. The van der Waals surface area contributed by atoms with Crippen molar-refractivity contribution in [2.45, 2.75) is 19.2 Å². The summed E-state index contributed by atoms with van der Waals surface area (Å²) in [6, 6.07) is 0. The number of ether oxygens (including phenoxy) is 1. The molecule has 0 heterocycles. The molecule has 0 rings (SSSR count). The van der Waals surface area contributed by atoms with Crippen molar-refractivity contribution in [2.24, 2.45) is 5.11 Å². The van der Waals surface area contributed by atoms with Crippen molar-refractivity contribution in [2.75, 3.05) is 6.54 Å². The standard InChI is InChI=1S/C5H6F3N3O2/c1-3(2-10-11-9)13-4(12)5(6,7)8/h3H,2H2,1H3. The molecule has 74 valence electrons. The van der Waals surface area contributed by atoms with Crippen LogP contribution in [0.25, 0.3) is 10.4 Å². The normalized spacial score (nSPS) is 12.9. The largest absolute Gasteiger partial charge is 0.490 e. The van der Waals surface area contributed by atoms with E-state index in [1.54, 1.807) is 0 Å². The Kier molecular flexibility index (Phi) is 4.06. The van der Waals surface area contributed by atoms with Gasteiger partial charge in [0.05, 0.1) is 6.54 Å². The van der Waals surface area contributed by atoms with E-state index in [-0.39, 0.29) is 6.54 Å². The number of esters is 1. The fraction of sp³-hybridized carbons (Fsp3) is 0.800. The van der Waals surface area contributed by atoms with Crippen LogP contribution in [0.1, 0.15) is 6.92 Å². The molecule has 5 nitrogen and oxygen atoms in total. The van der Waals surface area contributed by atoms with Gasteiger partial charge in [-0.3, -0.25) is 0 Å². The second-order valence-corrected chi connectivity index (χ2v) is 2.13. The second kappa shape index (κ2) is 4.56. The van der Waals surface area contributed by atoms with Crippen LogP contribution in [-0.2, 0) is 9.53 Å². The van der Waals surface area contributed by atoms with Crippen LogP contribution in [0.2, 0.25) is 0 Å². The van der Waals surface area contributed by atoms with Crippen LogP contribution in [0.5, 0.6) is 0 Å². The van der Waals surface area contributed by atoms with Crippen LogP contribution in [-0.4, -0.2) is 24.8 Å². The highest BCUT2D eigenvalue weighted by Crippen LogP contribution is 2.17. The SMILES string of the molecule is CC(CN=[N+]=[N-])OC(=O)C(F)(F)F. The van der Waals surface area contributed by atoms with Crippen LogP contribution < -0.4 is 0 Å². The van der Waals surface area contributed by atoms with Gasteiger partial charge in [-0.15, -0.1) is 0 Å². The maximum absolute atomic E-state index is 11.6. The molecular formula is C5H6F3N3O2. The highest BCUT2D eigenvalue weighted by atomic mass is 19.4. The predicted octanol–water partition coefficient (Wildman–Crippen LogP) is 1.79. The molecule has 1 unspecified atom stereocenters. The molecule has 0 bridgehead atoms. The summed E-state index contributed by atoms with van der Waals surface area (Å²) in [5.74, 6) is -2.28. The number of rotatable bonds is 3. The lowest BCUT2D eigenvalue weighted by Gasteiger charge is -2.11. The minimum Gasteiger partial charge on any atom is -0.456 e. The first-order valence-electron chi connectivity index (χ1n) is 3.16. The summed E-state index contributed by atoms with van der Waals surface area (Å²) in [5, 5.41) is 2.94. The Balaban J connectivity index is 3.99. The zero-order valence-electron chi connectivity index (χ0n) is 6.58. The van der Waals surface area contributed by atoms with Gasteiger partial charge < -0.3 is 4.74 Å². The molecule has 0 N–H and O–H groups in total. The van der Waals surface area contributed by atoms with Gasteiger partial charge in [-0.05, 0) is 12.5 Å². The van der Waals surface area contributed by atoms with Crippen molar-refractivity contribution < 1.29 is 22.7 Å². The molecule has 0 aromatic carbocycles. The first-order chi connectivity index (χ1) is 5.88. The van der Waals surface area contributed by atoms with Gasteiger partial charge in [0.25, 0.3) is 0 Å². The summed E-state index contributed by atoms with van der Waals surface area (Å²) in [5.41, 5.74) is 7.80. The summed E-state index contributed by atoms with van der Waals surface area (Å²) in [4.78, 5) is 12.5. The minimum atomic E-state index is -5.01. The predicted molar refractivity (Wildman–Crippen MR) is 35.6 cm³/mol. The second-order valence-electron chi connectivity index (χ2n) is 2.13. The highest BCUT2D eigenvalue weighted by molar-refractivity contribution is 5.75. The topological polar surface area (TPSA) is 75.1 Å². The van der Waals surface area contributed by atoms with E-state index in [1.807, 2.05) is 0 Å². The molecule has 1 atom stereocenters. The van der Waals surface area contributed by atoms with E-state index >= 15 is 0 Å². The maximum Gasteiger partial charge on any atom is 0.490 e. The van der Waals surface area contributed by atoms with Crippen molar-refractivity contribution >= 4 is 5.97 Å². The molecule has 0 aromatic rings. The summed E-state index contributed by atoms with van der Waals surface area (Å²) < 4.78 is 38.5. The Bertz CT molecular complexity index is 234. The van der Waals surface area contributed by atoms with Gasteiger partial charge in [-0.1, -0.05) is 5.11 Å². The lowest BCUT2D eigenvalue weighted by atomic mass is 10.4. The van der Waals surface area contributed by atoms with Crippen LogP contribution in [0.15, 0.2) is 5.11 Å². The van der Waals surface area contributed by atoms with Crippen molar-refractivity contribution in [1.29, 1.82) is 0 Å². The Hall–Kier alpha value is -1.43. The van der Waals surface area contributed by atoms with Gasteiger partial charge in [0.1, 0.15) is 6.10 Å². The first kappa shape index (κ1) is 11.6. The molecular weight excluding hydrogens is 191 g/mol. The molecule has 0 saturated carbocycles. The summed E-state index contributed by atoms with van der Waals surface area (Å²) in [6.45, 7) is 0.872. The Labute approximate surface area is 71.1 Å². The van der Waals surface area contributed by atoms with Gasteiger partial charge in [0, 0.05) is 4.91 Å². The maximum atomic E-state index is 11.6. The van der Waals surface area contributed by atoms with Crippen molar-refractivity contribution in [3.63, 3.8) is 0 Å². The third-order valence-corrected chi connectivity index (χ3v) is 0.942. The van der Waals surface area contributed by atoms with Gasteiger partial charge in [-0.2, -0.15) is 13.2 Å². The molecule has 0 spiro atoms. The van der Waals surface area contributed by atoms with E-state index in [2.05, 4.69) is 14.8 Å². The van der Waals surface area contributed by atoms with E-state index in [0.717, 1.165) is 0 Å². The number of azide groups is 1. The van der Waals surface area contributed by atoms with Crippen LogP contribution in [0, 0.1) is 0 Å². The van der Waals surface area contributed by atoms with Crippen LogP contribution in [0.3, 0.4) is 0 Å². The van der Waals surface area contributed by atoms with Gasteiger partial charge in [0.15, 0.2) is 0 Å². The zero-order chi connectivity index (χ0) is 10.5. The van der Waals surface area contributed by atoms with Gasteiger partial charge in [0.2, 0.25) is 0 Å². The fourth-order valence-electron chi connectivity index (χ4n) is 0.438. The molecule has 0 fully saturated rings. The summed E-state index contributed by atoms with van der Waals surface area (Å²) >= 11 is 0. The van der Waals surface area contributed by atoms with Gasteiger partial charge in [-0.25, -0.2) is 4.79 Å². The van der Waals surface area contributed by atoms with E-state index in [9.17, 15) is 18.0 Å². The molecule has 13 heavy (non-hydrogen) atoms. The Morgan fingerprint density at radius 3 is 2.62 bits per heavy atom. The van der Waals surface area contributed by atoms with Gasteiger partial charge >= 0.3 is 12.1 Å². The smallest absolute Gasteiger partial charge is 0.456 e. The monoisotopic (exact) mass is 197 g/mol. The molecule has 8 heteroatoms. The lowest BCUT2D eigenvalue weighted by Crippen LogP contribution is -2.29. The summed E-state index contributed by atoms with van der Waals surface area (Å²) in [7, 11) is 0. The third-order valence-electron chi connectivity index (χ3n) is 0.942. The number of alkyl halides is 3. The molecule has 0 amide bonds. The minimum absolute atomic E-state index is 0.321. The Morgan fingerprint density at radius 2 is 2.23 bits per heavy atom.